The van der Waals surface area contributed by atoms with Crippen LogP contribution in [0.25, 0.3) is 0 Å². The fourth-order valence-electron chi connectivity index (χ4n) is 2.05. The lowest BCUT2D eigenvalue weighted by Gasteiger charge is -2.09. The number of hydrogen-bond donors (Lipinski definition) is 1. The minimum atomic E-state index is -0.998. The Bertz CT molecular complexity index is 819. The highest BCUT2D eigenvalue weighted by atomic mass is 19.1. The van der Waals surface area contributed by atoms with Crippen LogP contribution in [0, 0.1) is 5.82 Å². The summed E-state index contributed by atoms with van der Waals surface area (Å²) < 4.78 is 23.6. The van der Waals surface area contributed by atoms with Crippen molar-refractivity contribution in [2.45, 2.75) is 13.5 Å². The number of ketones is 1. The number of halogens is 1. The molecule has 0 atom stereocenters. The summed E-state index contributed by atoms with van der Waals surface area (Å²) in [5, 5.41) is 2.39. The van der Waals surface area contributed by atoms with E-state index in [-0.39, 0.29) is 23.7 Å². The third-order valence-corrected chi connectivity index (χ3v) is 3.28. The molecule has 25 heavy (non-hydrogen) atoms. The molecular formula is C18H16FNO5. The van der Waals surface area contributed by atoms with Crippen LogP contribution in [0.2, 0.25) is 0 Å². The van der Waals surface area contributed by atoms with Gasteiger partial charge in [-0.15, -0.1) is 0 Å². The molecule has 6 nitrogen and oxygen atoms in total. The van der Waals surface area contributed by atoms with Crippen LogP contribution < -0.4 is 10.1 Å². The third-order valence-electron chi connectivity index (χ3n) is 3.28. The molecule has 0 aliphatic carbocycles. The molecule has 0 aliphatic rings. The Morgan fingerprint density at radius 3 is 2.52 bits per heavy atom. The van der Waals surface area contributed by atoms with Crippen molar-refractivity contribution in [1.29, 1.82) is 0 Å². The van der Waals surface area contributed by atoms with Crippen LogP contribution >= 0.6 is 0 Å². The van der Waals surface area contributed by atoms with Gasteiger partial charge >= 0.3 is 11.9 Å². The van der Waals surface area contributed by atoms with Gasteiger partial charge in [0.2, 0.25) is 0 Å². The average Bonchev–Trinajstić information content (AvgIpc) is 2.59. The minimum Gasteiger partial charge on any atom is -0.489 e. The lowest BCUT2D eigenvalue weighted by atomic mass is 10.1. The summed E-state index contributed by atoms with van der Waals surface area (Å²) in [6.07, 6.45) is 0. The summed E-state index contributed by atoms with van der Waals surface area (Å²) in [7, 11) is 1.11. The van der Waals surface area contributed by atoms with Gasteiger partial charge in [-0.25, -0.2) is 9.18 Å². The predicted octanol–water partition coefficient (Wildman–Crippen LogP) is 2.72. The number of nitrogens with one attached hydrogen (secondary N) is 1. The average molecular weight is 345 g/mol. The molecule has 0 radical (unpaired) electrons. The highest BCUT2D eigenvalue weighted by Gasteiger charge is 2.14. The maximum atomic E-state index is 13.8. The Morgan fingerprint density at radius 2 is 1.88 bits per heavy atom. The zero-order chi connectivity index (χ0) is 18.4. The van der Waals surface area contributed by atoms with Gasteiger partial charge in [-0.3, -0.25) is 9.59 Å². The Hall–Kier alpha value is -3.22. The van der Waals surface area contributed by atoms with Gasteiger partial charge < -0.3 is 14.8 Å². The summed E-state index contributed by atoms with van der Waals surface area (Å²) >= 11 is 0. The summed E-state index contributed by atoms with van der Waals surface area (Å²) in [6.45, 7) is 1.40. The second-order valence-electron chi connectivity index (χ2n) is 5.13. The zero-order valence-electron chi connectivity index (χ0n) is 13.7. The van der Waals surface area contributed by atoms with Crippen molar-refractivity contribution < 1.29 is 28.2 Å². The van der Waals surface area contributed by atoms with Crippen LogP contribution in [0.4, 0.5) is 10.1 Å². The van der Waals surface area contributed by atoms with Gasteiger partial charge in [0.25, 0.3) is 0 Å². The van der Waals surface area contributed by atoms with Gasteiger partial charge in [0.1, 0.15) is 18.2 Å². The van der Waals surface area contributed by atoms with Gasteiger partial charge in [-0.1, -0.05) is 12.1 Å². The van der Waals surface area contributed by atoms with E-state index in [1.54, 1.807) is 24.3 Å². The molecule has 0 aromatic heterocycles. The fourth-order valence-corrected chi connectivity index (χ4v) is 2.05. The Labute approximate surface area is 143 Å². The number of amides is 1. The molecule has 2 aromatic carbocycles. The molecule has 0 fully saturated rings. The molecule has 0 bridgehead atoms. The van der Waals surface area contributed by atoms with E-state index in [9.17, 15) is 18.8 Å². The van der Waals surface area contributed by atoms with Crippen LogP contribution in [0.3, 0.4) is 0 Å². The number of ether oxygens (including phenoxy) is 2. The molecule has 2 aromatic rings. The van der Waals surface area contributed by atoms with Gasteiger partial charge in [0.05, 0.1) is 12.7 Å². The van der Waals surface area contributed by atoms with Gasteiger partial charge in [0, 0.05) is 11.8 Å². The van der Waals surface area contributed by atoms with E-state index >= 15 is 0 Å². The zero-order valence-corrected chi connectivity index (χ0v) is 13.7. The smallest absolute Gasteiger partial charge is 0.396 e. The van der Waals surface area contributed by atoms with Gasteiger partial charge in [-0.2, -0.15) is 0 Å². The lowest BCUT2D eigenvalue weighted by molar-refractivity contribution is -0.150. The first kappa shape index (κ1) is 18.1. The van der Waals surface area contributed by atoms with Crippen LogP contribution in [0.1, 0.15) is 22.8 Å². The molecule has 2 rings (SSSR count). The molecular weight excluding hydrogens is 329 g/mol. The van der Waals surface area contributed by atoms with Gasteiger partial charge in [0.15, 0.2) is 5.78 Å². The molecule has 0 saturated carbocycles. The van der Waals surface area contributed by atoms with Crippen LogP contribution in [-0.4, -0.2) is 24.8 Å². The number of benzene rings is 2. The summed E-state index contributed by atoms with van der Waals surface area (Å²) in [5.41, 5.74) is 1.09. The standard InChI is InChI=1S/C18H16FNO5/c1-11(21)15-7-6-14(9-16(15)19)25-10-12-4-3-5-13(8-12)20-17(22)18(23)24-2/h3-9H,10H2,1-2H3,(H,20,22). The number of carbonyl (C=O) groups excluding carboxylic acids is 3. The first-order valence-corrected chi connectivity index (χ1v) is 7.32. The maximum absolute atomic E-state index is 13.8. The van der Waals surface area contributed by atoms with Crippen LogP contribution in [-0.2, 0) is 20.9 Å². The fraction of sp³-hybridized carbons (Fsp3) is 0.167. The first-order chi connectivity index (χ1) is 11.9. The van der Waals surface area contributed by atoms with Crippen molar-refractivity contribution in [1.82, 2.24) is 0 Å². The molecule has 130 valence electrons. The maximum Gasteiger partial charge on any atom is 0.396 e. The number of rotatable bonds is 5. The van der Waals surface area contributed by atoms with E-state index in [1.165, 1.54) is 19.1 Å². The van der Waals surface area contributed by atoms with Crippen molar-refractivity contribution >= 4 is 23.3 Å². The minimum absolute atomic E-state index is 0.000120. The van der Waals surface area contributed by atoms with E-state index in [2.05, 4.69) is 10.1 Å². The van der Waals surface area contributed by atoms with E-state index in [1.807, 2.05) is 0 Å². The highest BCUT2D eigenvalue weighted by molar-refractivity contribution is 6.37. The number of esters is 1. The number of carbonyl (C=O) groups is 3. The predicted molar refractivity (Wildman–Crippen MR) is 87.8 cm³/mol. The van der Waals surface area contributed by atoms with Crippen LogP contribution in [0.5, 0.6) is 5.75 Å². The Kier molecular flexibility index (Phi) is 5.84. The quantitative estimate of drug-likeness (QED) is 0.512. The number of Topliss-reactive ketones (excluding diaryl/α,β-unsaturated/α-hetero) is 1. The number of methoxy groups -OCH3 is 1. The molecule has 1 amide bonds. The molecule has 0 saturated heterocycles. The van der Waals surface area contributed by atoms with Gasteiger partial charge in [-0.05, 0) is 36.8 Å². The molecule has 7 heteroatoms. The van der Waals surface area contributed by atoms with Crippen LogP contribution in [0.15, 0.2) is 42.5 Å². The van der Waals surface area contributed by atoms with E-state index < -0.39 is 17.7 Å². The van der Waals surface area contributed by atoms with E-state index in [0.717, 1.165) is 13.2 Å². The molecule has 1 N–H and O–H groups in total. The van der Waals surface area contributed by atoms with E-state index in [4.69, 9.17) is 4.74 Å². The largest absolute Gasteiger partial charge is 0.489 e. The van der Waals surface area contributed by atoms with Crippen molar-refractivity contribution in [3.8, 4) is 5.75 Å². The summed E-state index contributed by atoms with van der Waals surface area (Å²) in [4.78, 5) is 33.8. The Morgan fingerprint density at radius 1 is 1.12 bits per heavy atom. The number of anilines is 1. The third kappa shape index (κ3) is 4.87. The normalized spacial score (nSPS) is 10.0. The summed E-state index contributed by atoms with van der Waals surface area (Å²) in [5.74, 6) is -2.63. The molecule has 0 unspecified atom stereocenters. The second kappa shape index (κ2) is 8.05. The van der Waals surface area contributed by atoms with Crippen molar-refractivity contribution in [2.75, 3.05) is 12.4 Å². The molecule has 0 heterocycles. The second-order valence-corrected chi connectivity index (χ2v) is 5.13. The SMILES string of the molecule is COC(=O)C(=O)Nc1cccc(COc2ccc(C(C)=O)c(F)c2)c1. The Balaban J connectivity index is 2.03. The molecule has 0 spiro atoms. The van der Waals surface area contributed by atoms with E-state index in [0.29, 0.717) is 11.3 Å². The highest BCUT2D eigenvalue weighted by Crippen LogP contribution is 2.19. The van der Waals surface area contributed by atoms with Crippen molar-refractivity contribution in [3.63, 3.8) is 0 Å². The van der Waals surface area contributed by atoms with Crippen molar-refractivity contribution in [2.24, 2.45) is 0 Å². The summed E-state index contributed by atoms with van der Waals surface area (Å²) in [6, 6.07) is 10.6. The number of hydrogen-bond acceptors (Lipinski definition) is 5. The first-order valence-electron chi connectivity index (χ1n) is 7.32. The molecule has 0 aliphatic heterocycles. The lowest BCUT2D eigenvalue weighted by Crippen LogP contribution is -2.23. The monoisotopic (exact) mass is 345 g/mol. The van der Waals surface area contributed by atoms with Crippen molar-refractivity contribution in [3.05, 3.63) is 59.4 Å². The topological polar surface area (TPSA) is 81.7 Å².